The van der Waals surface area contributed by atoms with E-state index >= 15 is 0 Å². The lowest BCUT2D eigenvalue weighted by atomic mass is 9.68. The van der Waals surface area contributed by atoms with E-state index < -0.39 is 5.41 Å². The van der Waals surface area contributed by atoms with Gasteiger partial charge in [-0.05, 0) is 41.7 Å². The van der Waals surface area contributed by atoms with E-state index in [0.29, 0.717) is 13.1 Å². The molecule has 1 saturated carbocycles. The second kappa shape index (κ2) is 11.5. The number of pyridine rings is 1. The highest BCUT2D eigenvalue weighted by Gasteiger charge is 2.40. The first-order valence-corrected chi connectivity index (χ1v) is 13.5. The molecule has 0 atom stereocenters. The summed E-state index contributed by atoms with van der Waals surface area (Å²) in [6.07, 6.45) is 8.70. The van der Waals surface area contributed by atoms with Crippen LogP contribution in [-0.4, -0.2) is 25.7 Å². The zero-order valence-corrected chi connectivity index (χ0v) is 21.2. The van der Waals surface area contributed by atoms with Gasteiger partial charge in [-0.15, -0.1) is 10.2 Å². The molecule has 2 aromatic heterocycles. The van der Waals surface area contributed by atoms with Crippen LogP contribution in [-0.2, 0) is 29.1 Å². The second-order valence-electron chi connectivity index (χ2n) is 9.31. The molecule has 0 bridgehead atoms. The first-order chi connectivity index (χ1) is 17.7. The van der Waals surface area contributed by atoms with Crippen molar-refractivity contribution in [2.45, 2.75) is 61.5 Å². The van der Waals surface area contributed by atoms with Crippen LogP contribution in [0.4, 0.5) is 0 Å². The summed E-state index contributed by atoms with van der Waals surface area (Å²) >= 11 is 1.65. The van der Waals surface area contributed by atoms with Gasteiger partial charge in [0, 0.05) is 18.1 Å². The molecule has 1 N–H and O–H groups in total. The van der Waals surface area contributed by atoms with Gasteiger partial charge in [0.2, 0.25) is 5.91 Å². The molecular weight excluding hydrogens is 466 g/mol. The molecule has 7 heteroatoms. The number of rotatable bonds is 9. The molecule has 1 amide bonds. The van der Waals surface area contributed by atoms with Crippen LogP contribution in [0.2, 0.25) is 0 Å². The van der Waals surface area contributed by atoms with Crippen molar-refractivity contribution in [2.24, 2.45) is 0 Å². The van der Waals surface area contributed by atoms with Crippen molar-refractivity contribution in [3.05, 3.63) is 108 Å². The SMILES string of the molecule is O=C(NCc1nnc(SCc2ccncc2)n1Cc1ccccc1)C1(c2ccccc2)CCCCC1. The Morgan fingerprint density at radius 2 is 1.56 bits per heavy atom. The van der Waals surface area contributed by atoms with Gasteiger partial charge in [-0.25, -0.2) is 0 Å². The summed E-state index contributed by atoms with van der Waals surface area (Å²) in [7, 11) is 0. The van der Waals surface area contributed by atoms with Gasteiger partial charge in [0.1, 0.15) is 0 Å². The van der Waals surface area contributed by atoms with Gasteiger partial charge in [0.15, 0.2) is 11.0 Å². The molecule has 1 fully saturated rings. The number of nitrogens with one attached hydrogen (secondary N) is 1. The predicted molar refractivity (Wildman–Crippen MR) is 142 cm³/mol. The second-order valence-corrected chi connectivity index (χ2v) is 10.2. The lowest BCUT2D eigenvalue weighted by Crippen LogP contribution is -2.45. The van der Waals surface area contributed by atoms with Gasteiger partial charge in [-0.2, -0.15) is 0 Å². The van der Waals surface area contributed by atoms with Crippen LogP contribution in [0.3, 0.4) is 0 Å². The van der Waals surface area contributed by atoms with Crippen molar-refractivity contribution >= 4 is 17.7 Å². The molecule has 2 aromatic carbocycles. The Morgan fingerprint density at radius 1 is 0.861 bits per heavy atom. The molecule has 4 aromatic rings. The molecule has 0 unspecified atom stereocenters. The number of benzene rings is 2. The standard InChI is InChI=1S/C29H31N5OS/c35-27(29(16-8-3-9-17-29)25-12-6-2-7-13-25)31-20-26-32-33-28(36-22-24-14-18-30-19-15-24)34(26)21-23-10-4-1-5-11-23/h1-2,4-7,10-15,18-19H,3,8-9,16-17,20-22H2,(H,31,35). The summed E-state index contributed by atoms with van der Waals surface area (Å²) in [5.41, 5.74) is 2.99. The van der Waals surface area contributed by atoms with Crippen molar-refractivity contribution < 1.29 is 4.79 Å². The lowest BCUT2D eigenvalue weighted by Gasteiger charge is -2.36. The molecular formula is C29H31N5OS. The van der Waals surface area contributed by atoms with Crippen LogP contribution < -0.4 is 5.32 Å². The fraction of sp³-hybridized carbons (Fsp3) is 0.310. The minimum absolute atomic E-state index is 0.0913. The fourth-order valence-electron chi connectivity index (χ4n) is 5.00. The van der Waals surface area contributed by atoms with Crippen LogP contribution >= 0.6 is 11.8 Å². The Kier molecular flexibility index (Phi) is 7.76. The van der Waals surface area contributed by atoms with Gasteiger partial charge < -0.3 is 9.88 Å². The molecule has 184 valence electrons. The number of hydrogen-bond donors (Lipinski definition) is 1. The van der Waals surface area contributed by atoms with E-state index in [1.807, 2.05) is 48.5 Å². The maximum absolute atomic E-state index is 13.7. The van der Waals surface area contributed by atoms with Crippen LogP contribution in [0.15, 0.2) is 90.3 Å². The third-order valence-corrected chi connectivity index (χ3v) is 8.01. The zero-order valence-electron chi connectivity index (χ0n) is 20.3. The Bertz CT molecular complexity index is 1250. The monoisotopic (exact) mass is 497 g/mol. The first-order valence-electron chi connectivity index (χ1n) is 12.6. The van der Waals surface area contributed by atoms with Crippen LogP contribution in [0.25, 0.3) is 0 Å². The summed E-state index contributed by atoms with van der Waals surface area (Å²) < 4.78 is 2.12. The normalized spacial score (nSPS) is 14.9. The van der Waals surface area contributed by atoms with E-state index in [1.165, 1.54) is 17.5 Å². The van der Waals surface area contributed by atoms with E-state index in [9.17, 15) is 4.79 Å². The Morgan fingerprint density at radius 3 is 2.28 bits per heavy atom. The average molecular weight is 498 g/mol. The molecule has 36 heavy (non-hydrogen) atoms. The maximum Gasteiger partial charge on any atom is 0.231 e. The van der Waals surface area contributed by atoms with Crippen molar-refractivity contribution in [2.75, 3.05) is 0 Å². The summed E-state index contributed by atoms with van der Waals surface area (Å²) in [6.45, 7) is 1.00. The van der Waals surface area contributed by atoms with E-state index in [-0.39, 0.29) is 5.91 Å². The van der Waals surface area contributed by atoms with Crippen LogP contribution in [0.1, 0.15) is 54.6 Å². The van der Waals surface area contributed by atoms with Gasteiger partial charge in [-0.3, -0.25) is 9.78 Å². The molecule has 0 radical (unpaired) electrons. The molecule has 0 saturated heterocycles. The van der Waals surface area contributed by atoms with Crippen molar-refractivity contribution in [3.63, 3.8) is 0 Å². The highest BCUT2D eigenvalue weighted by molar-refractivity contribution is 7.98. The van der Waals surface area contributed by atoms with Gasteiger partial charge in [-0.1, -0.05) is 91.7 Å². The summed E-state index contributed by atoms with van der Waals surface area (Å²) in [4.78, 5) is 17.8. The first kappa shape index (κ1) is 24.3. The predicted octanol–water partition coefficient (Wildman–Crippen LogP) is 5.53. The third-order valence-electron chi connectivity index (χ3n) is 6.97. The number of carbonyl (C=O) groups is 1. The molecule has 1 aliphatic carbocycles. The highest BCUT2D eigenvalue weighted by atomic mass is 32.2. The summed E-state index contributed by atoms with van der Waals surface area (Å²) in [5, 5.41) is 13.1. The Labute approximate surface area is 216 Å². The molecule has 6 nitrogen and oxygen atoms in total. The minimum atomic E-state index is -0.470. The van der Waals surface area contributed by atoms with E-state index in [1.54, 1.807) is 24.2 Å². The quantitative estimate of drug-likeness (QED) is 0.308. The molecule has 2 heterocycles. The number of amides is 1. The highest BCUT2D eigenvalue weighted by Crippen LogP contribution is 2.39. The third kappa shape index (κ3) is 5.51. The number of nitrogens with zero attached hydrogens (tertiary/aromatic N) is 4. The van der Waals surface area contributed by atoms with Crippen LogP contribution in [0.5, 0.6) is 0 Å². The average Bonchev–Trinajstić information content (AvgIpc) is 3.33. The summed E-state index contributed by atoms with van der Waals surface area (Å²) in [6, 6.07) is 24.6. The molecule has 1 aliphatic rings. The molecule has 0 spiro atoms. The van der Waals surface area contributed by atoms with Gasteiger partial charge in [0.25, 0.3) is 0 Å². The summed E-state index contributed by atoms with van der Waals surface area (Å²) in [5.74, 6) is 1.64. The number of thioether (sulfide) groups is 1. The Hall–Kier alpha value is -3.45. The van der Waals surface area contributed by atoms with E-state index in [2.05, 4.69) is 49.3 Å². The van der Waals surface area contributed by atoms with Crippen molar-refractivity contribution in [3.8, 4) is 0 Å². The number of aromatic nitrogens is 4. The fourth-order valence-corrected chi connectivity index (χ4v) is 5.91. The zero-order chi connectivity index (χ0) is 24.6. The maximum atomic E-state index is 13.7. The van der Waals surface area contributed by atoms with E-state index in [0.717, 1.165) is 48.0 Å². The Balaban J connectivity index is 1.36. The van der Waals surface area contributed by atoms with Crippen LogP contribution in [0, 0.1) is 0 Å². The largest absolute Gasteiger partial charge is 0.348 e. The minimum Gasteiger partial charge on any atom is -0.348 e. The molecule has 0 aliphatic heterocycles. The van der Waals surface area contributed by atoms with Crippen molar-refractivity contribution in [1.82, 2.24) is 25.1 Å². The van der Waals surface area contributed by atoms with Crippen molar-refractivity contribution in [1.29, 1.82) is 0 Å². The van der Waals surface area contributed by atoms with E-state index in [4.69, 9.17) is 0 Å². The lowest BCUT2D eigenvalue weighted by molar-refractivity contribution is -0.128. The van der Waals surface area contributed by atoms with Gasteiger partial charge >= 0.3 is 0 Å². The number of hydrogen-bond acceptors (Lipinski definition) is 5. The smallest absolute Gasteiger partial charge is 0.231 e. The topological polar surface area (TPSA) is 72.7 Å². The molecule has 5 rings (SSSR count). The van der Waals surface area contributed by atoms with Gasteiger partial charge in [0.05, 0.1) is 18.5 Å². The number of carbonyl (C=O) groups excluding carboxylic acids is 1.